The van der Waals surface area contributed by atoms with E-state index < -0.39 is 14.4 Å². The monoisotopic (exact) mass is 284 g/mol. The molecule has 0 aromatic rings. The molecular formula is C16H32O2Si. The molecule has 0 aliphatic rings. The van der Waals surface area contributed by atoms with Crippen molar-refractivity contribution in [2.45, 2.75) is 70.7 Å². The molecule has 0 spiro atoms. The molecule has 0 unspecified atom stereocenters. The molecule has 0 amide bonds. The zero-order chi connectivity index (χ0) is 14.9. The van der Waals surface area contributed by atoms with E-state index in [1.165, 1.54) is 0 Å². The van der Waals surface area contributed by atoms with E-state index in [-0.39, 0.29) is 0 Å². The summed E-state index contributed by atoms with van der Waals surface area (Å²) in [7, 11) is -1.56. The van der Waals surface area contributed by atoms with Gasteiger partial charge in [0.1, 0.15) is 0 Å². The van der Waals surface area contributed by atoms with E-state index >= 15 is 0 Å². The quantitative estimate of drug-likeness (QED) is 0.379. The molecule has 2 nitrogen and oxygen atoms in total. The minimum absolute atomic E-state index is 0.299. The van der Waals surface area contributed by atoms with Gasteiger partial charge in [-0.1, -0.05) is 39.0 Å². The Bertz CT molecular complexity index is 277. The fourth-order valence-corrected chi connectivity index (χ4v) is 2.45. The maximum absolute atomic E-state index is 9.28. The molecule has 0 saturated heterocycles. The molecule has 112 valence electrons. The van der Waals surface area contributed by atoms with Gasteiger partial charge >= 0.3 is 0 Å². The summed E-state index contributed by atoms with van der Waals surface area (Å²) in [5, 5.41) is 9.58. The first-order valence-corrected chi connectivity index (χ1v) is 10.2. The van der Waals surface area contributed by atoms with Gasteiger partial charge in [0.05, 0.1) is 6.10 Å². The molecule has 1 N–H and O–H groups in total. The zero-order valence-electron chi connectivity index (χ0n) is 13.4. The molecule has 0 radical (unpaired) electrons. The van der Waals surface area contributed by atoms with E-state index in [9.17, 15) is 5.11 Å². The summed E-state index contributed by atoms with van der Waals surface area (Å²) in [5.41, 5.74) is 0. The van der Waals surface area contributed by atoms with Crippen LogP contribution in [-0.2, 0) is 4.43 Å². The van der Waals surface area contributed by atoms with Crippen molar-refractivity contribution >= 4 is 8.32 Å². The molecule has 1 atom stereocenters. The predicted molar refractivity (Wildman–Crippen MR) is 87.0 cm³/mol. The number of aliphatic hydroxyl groups excluding tert-OH is 1. The number of hydrogen-bond acceptors (Lipinski definition) is 2. The first kappa shape index (κ1) is 18.6. The second-order valence-corrected chi connectivity index (χ2v) is 11.4. The van der Waals surface area contributed by atoms with Crippen LogP contribution in [0.25, 0.3) is 0 Å². The Morgan fingerprint density at radius 2 is 1.84 bits per heavy atom. The fourth-order valence-electron chi connectivity index (χ4n) is 1.36. The second-order valence-electron chi connectivity index (χ2n) is 6.61. The predicted octanol–water partition coefficient (Wildman–Crippen LogP) is 4.67. The van der Waals surface area contributed by atoms with Crippen LogP contribution in [0.2, 0.25) is 18.1 Å². The lowest BCUT2D eigenvalue weighted by molar-refractivity contribution is 0.227. The summed E-state index contributed by atoms with van der Waals surface area (Å²) < 4.78 is 6.12. The van der Waals surface area contributed by atoms with Gasteiger partial charge in [0.2, 0.25) is 0 Å². The Kier molecular flexibility index (Phi) is 8.55. The molecule has 0 rings (SSSR count). The summed E-state index contributed by atoms with van der Waals surface area (Å²) in [6.07, 6.45) is 9.32. The van der Waals surface area contributed by atoms with Crippen LogP contribution in [0, 0.1) is 0 Å². The number of allylic oxidation sites excluding steroid dienone is 1. The molecule has 0 aromatic heterocycles. The summed E-state index contributed by atoms with van der Waals surface area (Å²) in [6, 6.07) is 0. The first-order valence-electron chi connectivity index (χ1n) is 7.30. The van der Waals surface area contributed by atoms with Gasteiger partial charge in [-0.15, -0.1) is 6.58 Å². The molecule has 19 heavy (non-hydrogen) atoms. The Morgan fingerprint density at radius 1 is 1.21 bits per heavy atom. The third kappa shape index (κ3) is 8.40. The maximum Gasteiger partial charge on any atom is 0.191 e. The van der Waals surface area contributed by atoms with Crippen molar-refractivity contribution in [3.8, 4) is 0 Å². The number of unbranched alkanes of at least 4 members (excludes halogenated alkanes) is 2. The topological polar surface area (TPSA) is 29.5 Å². The lowest BCUT2D eigenvalue weighted by Crippen LogP contribution is -2.40. The average molecular weight is 285 g/mol. The van der Waals surface area contributed by atoms with Crippen LogP contribution in [0.1, 0.15) is 46.5 Å². The van der Waals surface area contributed by atoms with Gasteiger partial charge in [0.25, 0.3) is 0 Å². The van der Waals surface area contributed by atoms with Crippen LogP contribution in [0.15, 0.2) is 24.8 Å². The van der Waals surface area contributed by atoms with E-state index in [0.717, 1.165) is 25.9 Å². The molecule has 0 aliphatic carbocycles. The van der Waals surface area contributed by atoms with Crippen molar-refractivity contribution in [1.29, 1.82) is 0 Å². The molecular weight excluding hydrogens is 252 g/mol. The molecule has 0 heterocycles. The first-order chi connectivity index (χ1) is 8.70. The van der Waals surface area contributed by atoms with E-state index in [1.54, 1.807) is 6.08 Å². The summed E-state index contributed by atoms with van der Waals surface area (Å²) in [6.45, 7) is 15.8. The van der Waals surface area contributed by atoms with Crippen molar-refractivity contribution < 1.29 is 9.53 Å². The highest BCUT2D eigenvalue weighted by Crippen LogP contribution is 2.36. The normalized spacial score (nSPS) is 14.8. The minimum Gasteiger partial charge on any atom is -0.417 e. The Morgan fingerprint density at radius 3 is 2.37 bits per heavy atom. The molecule has 3 heteroatoms. The number of hydrogen-bond donors (Lipinski definition) is 1. The zero-order valence-corrected chi connectivity index (χ0v) is 14.4. The highest BCUT2D eigenvalue weighted by atomic mass is 28.4. The number of rotatable bonds is 9. The standard InChI is InChI=1S/C16H32O2Si/c1-7-15(17)13-11-9-8-10-12-14-18-19(5,6)16(2,3)4/h7,9,11,15,17H,1,8,10,12-14H2,2-6H3/b11-9-/t15-/m0/s1. The third-order valence-corrected chi connectivity index (χ3v) is 8.39. The Balaban J connectivity index is 3.64. The average Bonchev–Trinajstić information content (AvgIpc) is 2.30. The lowest BCUT2D eigenvalue weighted by atomic mass is 10.2. The van der Waals surface area contributed by atoms with Gasteiger partial charge in [0.15, 0.2) is 8.32 Å². The molecule has 0 aliphatic heterocycles. The van der Waals surface area contributed by atoms with Crippen molar-refractivity contribution in [2.75, 3.05) is 6.61 Å². The molecule has 0 aromatic carbocycles. The van der Waals surface area contributed by atoms with Crippen LogP contribution < -0.4 is 0 Å². The van der Waals surface area contributed by atoms with Gasteiger partial charge < -0.3 is 9.53 Å². The molecule has 0 fully saturated rings. The Labute approximate surface area is 120 Å². The summed E-state index contributed by atoms with van der Waals surface area (Å²) in [5.74, 6) is 0. The molecule has 0 bridgehead atoms. The maximum atomic E-state index is 9.28. The van der Waals surface area contributed by atoms with E-state index in [4.69, 9.17) is 4.43 Å². The van der Waals surface area contributed by atoms with Gasteiger partial charge in [-0.2, -0.15) is 0 Å². The summed E-state index contributed by atoms with van der Waals surface area (Å²) in [4.78, 5) is 0. The van der Waals surface area contributed by atoms with E-state index in [0.29, 0.717) is 11.5 Å². The van der Waals surface area contributed by atoms with Crippen LogP contribution in [0.5, 0.6) is 0 Å². The van der Waals surface area contributed by atoms with Gasteiger partial charge in [-0.3, -0.25) is 0 Å². The van der Waals surface area contributed by atoms with Crippen LogP contribution in [-0.4, -0.2) is 26.1 Å². The van der Waals surface area contributed by atoms with Crippen molar-refractivity contribution in [3.63, 3.8) is 0 Å². The third-order valence-electron chi connectivity index (χ3n) is 3.85. The SMILES string of the molecule is C=C[C@H](O)C/C=C\CCCCO[Si](C)(C)C(C)(C)C. The van der Waals surface area contributed by atoms with Crippen LogP contribution in [0.3, 0.4) is 0 Å². The fraction of sp³-hybridized carbons (Fsp3) is 0.750. The van der Waals surface area contributed by atoms with Crippen molar-refractivity contribution in [2.24, 2.45) is 0 Å². The molecule has 0 saturated carbocycles. The highest BCUT2D eigenvalue weighted by molar-refractivity contribution is 6.74. The highest BCUT2D eigenvalue weighted by Gasteiger charge is 2.36. The Hall–Kier alpha value is -0.383. The second kappa shape index (κ2) is 8.72. The van der Waals surface area contributed by atoms with Gasteiger partial charge in [0, 0.05) is 6.61 Å². The lowest BCUT2D eigenvalue weighted by Gasteiger charge is -2.36. The minimum atomic E-state index is -1.56. The van der Waals surface area contributed by atoms with Gasteiger partial charge in [-0.25, -0.2) is 0 Å². The van der Waals surface area contributed by atoms with Crippen molar-refractivity contribution in [1.82, 2.24) is 0 Å². The van der Waals surface area contributed by atoms with Crippen LogP contribution in [0.4, 0.5) is 0 Å². The van der Waals surface area contributed by atoms with E-state index in [2.05, 4.69) is 46.5 Å². The summed E-state index contributed by atoms with van der Waals surface area (Å²) >= 11 is 0. The van der Waals surface area contributed by atoms with Crippen molar-refractivity contribution in [3.05, 3.63) is 24.8 Å². The largest absolute Gasteiger partial charge is 0.417 e. The van der Waals surface area contributed by atoms with Gasteiger partial charge in [-0.05, 0) is 43.8 Å². The van der Waals surface area contributed by atoms with Crippen LogP contribution >= 0.6 is 0 Å². The smallest absolute Gasteiger partial charge is 0.191 e. The van der Waals surface area contributed by atoms with E-state index in [1.807, 2.05) is 6.08 Å². The number of aliphatic hydroxyl groups is 1.